The summed E-state index contributed by atoms with van der Waals surface area (Å²) >= 11 is 0. The topological polar surface area (TPSA) is 75.0 Å². The van der Waals surface area contributed by atoms with Crippen LogP contribution in [0, 0.1) is 28.4 Å². The van der Waals surface area contributed by atoms with Crippen molar-refractivity contribution in [3.8, 4) is 0 Å². The SMILES string of the molecule is C=C(/C=C(\N=N/C)c1c(F)cccc1F)C1CCC(C)(CN(CC)S(=O)(=O)c2cccnc2)C1(C)C. The molecule has 2 unspecified atom stereocenters. The Hall–Kier alpha value is -2.78. The number of aromatic nitrogens is 1. The molecular formula is C27H34F2N4O2S. The molecule has 0 aliphatic heterocycles. The standard InChI is InChI=1S/C27H34F2N4O2S/c1-7-33(36(34,35)20-10-9-15-31-17-20)18-27(5)14-13-21(26(27,3)4)19(2)16-24(32-30-6)25-22(28)11-8-12-23(25)29/h8-12,15-17,21H,2,7,13-14,18H2,1,3-6H3/b24-16-,32-30-. The number of benzene rings is 1. The van der Waals surface area contributed by atoms with Crippen LogP contribution in [0.1, 0.15) is 46.1 Å². The van der Waals surface area contributed by atoms with E-state index < -0.39 is 21.7 Å². The van der Waals surface area contributed by atoms with Gasteiger partial charge < -0.3 is 0 Å². The van der Waals surface area contributed by atoms with E-state index in [2.05, 4.69) is 42.6 Å². The summed E-state index contributed by atoms with van der Waals surface area (Å²) in [6.07, 6.45) is 6.01. The second-order valence-corrected chi connectivity index (χ2v) is 11.9. The molecule has 1 aromatic heterocycles. The van der Waals surface area contributed by atoms with E-state index >= 15 is 0 Å². The molecule has 0 N–H and O–H groups in total. The van der Waals surface area contributed by atoms with Crippen LogP contribution in [0.3, 0.4) is 0 Å². The Labute approximate surface area is 212 Å². The van der Waals surface area contributed by atoms with Crippen molar-refractivity contribution in [3.05, 3.63) is 78.2 Å². The number of sulfonamides is 1. The van der Waals surface area contributed by atoms with Gasteiger partial charge in [0.1, 0.15) is 16.5 Å². The molecule has 3 rings (SSSR count). The number of hydrogen-bond donors (Lipinski definition) is 0. The number of hydrogen-bond acceptors (Lipinski definition) is 5. The lowest BCUT2D eigenvalue weighted by atomic mass is 9.64. The van der Waals surface area contributed by atoms with Gasteiger partial charge in [0.05, 0.1) is 11.3 Å². The fourth-order valence-corrected chi connectivity index (χ4v) is 6.72. The minimum Gasteiger partial charge on any atom is -0.263 e. The van der Waals surface area contributed by atoms with Crippen molar-refractivity contribution in [1.82, 2.24) is 9.29 Å². The molecule has 0 spiro atoms. The van der Waals surface area contributed by atoms with Crippen molar-refractivity contribution in [1.29, 1.82) is 0 Å². The zero-order valence-electron chi connectivity index (χ0n) is 21.5. The van der Waals surface area contributed by atoms with E-state index in [0.29, 0.717) is 18.7 Å². The number of azo groups is 1. The van der Waals surface area contributed by atoms with E-state index in [1.54, 1.807) is 24.4 Å². The first-order valence-electron chi connectivity index (χ1n) is 11.9. The van der Waals surface area contributed by atoms with Gasteiger partial charge in [0.15, 0.2) is 0 Å². The number of pyridine rings is 1. The fourth-order valence-electron chi connectivity index (χ4n) is 5.18. The highest BCUT2D eigenvalue weighted by Gasteiger charge is 2.53. The smallest absolute Gasteiger partial charge is 0.244 e. The summed E-state index contributed by atoms with van der Waals surface area (Å²) in [6.45, 7) is 13.0. The molecule has 2 atom stereocenters. The maximum absolute atomic E-state index is 14.5. The first-order chi connectivity index (χ1) is 16.9. The van der Waals surface area contributed by atoms with Gasteiger partial charge in [-0.2, -0.15) is 14.5 Å². The van der Waals surface area contributed by atoms with Crippen LogP contribution in [0.15, 0.2) is 76.1 Å². The molecule has 0 amide bonds. The summed E-state index contributed by atoms with van der Waals surface area (Å²) in [4.78, 5) is 4.13. The van der Waals surface area contributed by atoms with Crippen LogP contribution in [0.5, 0.6) is 0 Å². The summed E-state index contributed by atoms with van der Waals surface area (Å²) in [5.41, 5.74) is -0.262. The van der Waals surface area contributed by atoms with Crippen molar-refractivity contribution in [2.24, 2.45) is 27.0 Å². The lowest BCUT2D eigenvalue weighted by Gasteiger charge is -2.44. The molecule has 2 aromatic rings. The molecule has 1 aromatic carbocycles. The molecule has 0 radical (unpaired) electrons. The Morgan fingerprint density at radius 3 is 2.44 bits per heavy atom. The lowest BCUT2D eigenvalue weighted by molar-refractivity contribution is 0.0803. The fraction of sp³-hybridized carbons (Fsp3) is 0.444. The third-order valence-electron chi connectivity index (χ3n) is 7.76. The zero-order valence-corrected chi connectivity index (χ0v) is 22.3. The molecule has 0 saturated heterocycles. The molecular weight excluding hydrogens is 482 g/mol. The van der Waals surface area contributed by atoms with Crippen LogP contribution in [-0.4, -0.2) is 37.8 Å². The van der Waals surface area contributed by atoms with Gasteiger partial charge in [0, 0.05) is 32.5 Å². The monoisotopic (exact) mass is 516 g/mol. The molecule has 1 saturated carbocycles. The third kappa shape index (κ3) is 5.18. The number of allylic oxidation sites excluding steroid dienone is 2. The van der Waals surface area contributed by atoms with Crippen molar-refractivity contribution >= 4 is 15.7 Å². The molecule has 6 nitrogen and oxygen atoms in total. The van der Waals surface area contributed by atoms with Gasteiger partial charge in [-0.1, -0.05) is 40.3 Å². The van der Waals surface area contributed by atoms with Crippen molar-refractivity contribution in [2.45, 2.75) is 45.4 Å². The zero-order chi connectivity index (χ0) is 26.7. The minimum absolute atomic E-state index is 0.0563. The molecule has 0 bridgehead atoms. The van der Waals surface area contributed by atoms with Crippen LogP contribution in [0.4, 0.5) is 8.78 Å². The van der Waals surface area contributed by atoms with Crippen LogP contribution in [0.2, 0.25) is 0 Å². The van der Waals surface area contributed by atoms with Crippen LogP contribution >= 0.6 is 0 Å². The molecule has 194 valence electrons. The highest BCUT2D eigenvalue weighted by Crippen LogP contribution is 2.58. The van der Waals surface area contributed by atoms with Gasteiger partial charge in [0.25, 0.3) is 0 Å². The maximum Gasteiger partial charge on any atom is 0.244 e. The predicted octanol–water partition coefficient (Wildman–Crippen LogP) is 6.49. The Balaban J connectivity index is 1.92. The van der Waals surface area contributed by atoms with E-state index in [0.717, 1.165) is 12.8 Å². The lowest BCUT2D eigenvalue weighted by Crippen LogP contribution is -2.46. The summed E-state index contributed by atoms with van der Waals surface area (Å²) in [7, 11) is -2.27. The van der Waals surface area contributed by atoms with E-state index in [-0.39, 0.29) is 32.9 Å². The van der Waals surface area contributed by atoms with Crippen molar-refractivity contribution < 1.29 is 17.2 Å². The molecule has 1 aliphatic carbocycles. The molecule has 9 heteroatoms. The minimum atomic E-state index is -3.71. The van der Waals surface area contributed by atoms with E-state index in [1.165, 1.54) is 35.7 Å². The Kier molecular flexibility index (Phi) is 8.25. The average molecular weight is 517 g/mol. The average Bonchev–Trinajstić information content (AvgIpc) is 3.06. The highest BCUT2D eigenvalue weighted by atomic mass is 32.2. The third-order valence-corrected chi connectivity index (χ3v) is 9.66. The predicted molar refractivity (Wildman–Crippen MR) is 138 cm³/mol. The van der Waals surface area contributed by atoms with Gasteiger partial charge in [-0.25, -0.2) is 17.2 Å². The van der Waals surface area contributed by atoms with E-state index in [1.807, 2.05) is 6.92 Å². The molecule has 1 fully saturated rings. The molecule has 1 aliphatic rings. The van der Waals surface area contributed by atoms with Gasteiger partial charge >= 0.3 is 0 Å². The van der Waals surface area contributed by atoms with E-state index in [9.17, 15) is 17.2 Å². The van der Waals surface area contributed by atoms with Gasteiger partial charge in [-0.05, 0) is 65.5 Å². The first kappa shape index (κ1) is 27.8. The molecule has 36 heavy (non-hydrogen) atoms. The van der Waals surface area contributed by atoms with Gasteiger partial charge in [-0.15, -0.1) is 0 Å². The van der Waals surface area contributed by atoms with Crippen molar-refractivity contribution in [2.75, 3.05) is 20.1 Å². The van der Waals surface area contributed by atoms with E-state index in [4.69, 9.17) is 0 Å². The van der Waals surface area contributed by atoms with Crippen LogP contribution < -0.4 is 0 Å². The largest absolute Gasteiger partial charge is 0.263 e. The quantitative estimate of drug-likeness (QED) is 0.282. The van der Waals surface area contributed by atoms with Gasteiger partial charge in [0.2, 0.25) is 10.0 Å². The Morgan fingerprint density at radius 2 is 1.89 bits per heavy atom. The molecule has 1 heterocycles. The van der Waals surface area contributed by atoms with Crippen molar-refractivity contribution in [3.63, 3.8) is 0 Å². The maximum atomic E-state index is 14.5. The second kappa shape index (κ2) is 10.7. The first-order valence-corrected chi connectivity index (χ1v) is 13.4. The van der Waals surface area contributed by atoms with Crippen LogP contribution in [-0.2, 0) is 10.0 Å². The van der Waals surface area contributed by atoms with Gasteiger partial charge in [-0.3, -0.25) is 4.98 Å². The number of halogens is 2. The number of rotatable bonds is 9. The normalized spacial score (nSPS) is 22.4. The summed E-state index contributed by atoms with van der Waals surface area (Å²) in [5.74, 6) is -1.51. The Morgan fingerprint density at radius 1 is 1.22 bits per heavy atom. The Bertz CT molecular complexity index is 1260. The van der Waals surface area contributed by atoms with Crippen LogP contribution in [0.25, 0.3) is 5.70 Å². The highest BCUT2D eigenvalue weighted by molar-refractivity contribution is 7.89. The summed E-state index contributed by atoms with van der Waals surface area (Å²) in [5, 5.41) is 7.74. The summed E-state index contributed by atoms with van der Waals surface area (Å²) in [6, 6.07) is 6.82. The second-order valence-electron chi connectivity index (χ2n) is 9.99. The summed E-state index contributed by atoms with van der Waals surface area (Å²) < 4.78 is 57.1. The number of nitrogens with zero attached hydrogens (tertiary/aromatic N) is 4.